The first-order valence-corrected chi connectivity index (χ1v) is 6.82. The third-order valence-electron chi connectivity index (χ3n) is 2.93. The lowest BCUT2D eigenvalue weighted by Crippen LogP contribution is -2.10. The van der Waals surface area contributed by atoms with E-state index in [0.717, 1.165) is 11.3 Å². The van der Waals surface area contributed by atoms with Gasteiger partial charge in [0.1, 0.15) is 5.75 Å². The van der Waals surface area contributed by atoms with Gasteiger partial charge in [-0.15, -0.1) is 11.6 Å². The molecule has 0 bridgehead atoms. The Balaban J connectivity index is 2.20. The molecule has 1 aromatic heterocycles. The molecule has 0 aliphatic carbocycles. The molecule has 2 rings (SSSR count). The van der Waals surface area contributed by atoms with Gasteiger partial charge < -0.3 is 4.74 Å². The molecular formula is C16H18ClNO. The molecule has 19 heavy (non-hydrogen) atoms. The smallest absolute Gasteiger partial charge is 0.223 e. The van der Waals surface area contributed by atoms with Crippen LogP contribution in [0.2, 0.25) is 0 Å². The molecule has 100 valence electrons. The van der Waals surface area contributed by atoms with Gasteiger partial charge in [0.2, 0.25) is 5.88 Å². The zero-order valence-electron chi connectivity index (χ0n) is 11.5. The Morgan fingerprint density at radius 1 is 1.11 bits per heavy atom. The number of benzene rings is 1. The van der Waals surface area contributed by atoms with Crippen molar-refractivity contribution in [2.45, 2.75) is 32.1 Å². The summed E-state index contributed by atoms with van der Waals surface area (Å²) >= 11 is 5.86. The number of alkyl halides is 1. The van der Waals surface area contributed by atoms with Crippen LogP contribution in [0.3, 0.4) is 0 Å². The molecule has 0 saturated heterocycles. The van der Waals surface area contributed by atoms with Crippen molar-refractivity contribution in [2.24, 2.45) is 0 Å². The molecule has 0 saturated carbocycles. The van der Waals surface area contributed by atoms with Crippen molar-refractivity contribution in [1.82, 2.24) is 4.98 Å². The molecule has 0 fully saturated rings. The summed E-state index contributed by atoms with van der Waals surface area (Å²) in [7, 11) is 0. The van der Waals surface area contributed by atoms with Gasteiger partial charge >= 0.3 is 0 Å². The fourth-order valence-electron chi connectivity index (χ4n) is 1.75. The molecule has 1 heterocycles. The van der Waals surface area contributed by atoms with Gasteiger partial charge in [0.25, 0.3) is 0 Å². The van der Waals surface area contributed by atoms with E-state index in [1.807, 2.05) is 24.3 Å². The predicted molar refractivity (Wildman–Crippen MR) is 79.0 cm³/mol. The summed E-state index contributed by atoms with van der Waals surface area (Å²) in [4.78, 5) is 4.21. The van der Waals surface area contributed by atoms with E-state index in [0.29, 0.717) is 11.8 Å². The minimum atomic E-state index is 0.144. The average molecular weight is 276 g/mol. The van der Waals surface area contributed by atoms with Crippen LogP contribution in [-0.4, -0.2) is 4.98 Å². The lowest BCUT2D eigenvalue weighted by molar-refractivity contribution is 0.457. The molecule has 0 amide bonds. The third-order valence-corrected chi connectivity index (χ3v) is 3.22. The van der Waals surface area contributed by atoms with Crippen LogP contribution in [0.15, 0.2) is 42.6 Å². The zero-order chi connectivity index (χ0) is 13.9. The van der Waals surface area contributed by atoms with E-state index >= 15 is 0 Å². The van der Waals surface area contributed by atoms with E-state index in [1.54, 1.807) is 6.20 Å². The molecular weight excluding hydrogens is 258 g/mol. The fraction of sp³-hybridized carbons (Fsp3) is 0.312. The first-order chi connectivity index (χ1) is 9.00. The minimum Gasteiger partial charge on any atom is -0.439 e. The summed E-state index contributed by atoms with van der Waals surface area (Å²) < 4.78 is 5.77. The molecule has 2 aromatic rings. The lowest BCUT2D eigenvalue weighted by Gasteiger charge is -2.19. The Labute approximate surface area is 119 Å². The normalized spacial score (nSPS) is 11.4. The Hall–Kier alpha value is -1.54. The van der Waals surface area contributed by atoms with Crippen LogP contribution in [0.5, 0.6) is 11.6 Å². The molecule has 1 aromatic carbocycles. The van der Waals surface area contributed by atoms with Crippen molar-refractivity contribution in [3.63, 3.8) is 0 Å². The van der Waals surface area contributed by atoms with Gasteiger partial charge in [0.05, 0.1) is 5.88 Å². The molecule has 0 atom stereocenters. The molecule has 0 N–H and O–H groups in total. The van der Waals surface area contributed by atoms with Gasteiger partial charge in [0, 0.05) is 11.8 Å². The standard InChI is InChI=1S/C16H18ClNO/c1-16(2,3)13-6-8-14(9-7-13)19-15-12(11-17)5-4-10-18-15/h4-10H,11H2,1-3H3. The number of hydrogen-bond acceptors (Lipinski definition) is 2. The van der Waals surface area contributed by atoms with Crippen molar-refractivity contribution in [1.29, 1.82) is 0 Å². The van der Waals surface area contributed by atoms with E-state index in [2.05, 4.69) is 37.9 Å². The number of halogens is 1. The van der Waals surface area contributed by atoms with E-state index in [4.69, 9.17) is 16.3 Å². The fourth-order valence-corrected chi connectivity index (χ4v) is 1.96. The maximum atomic E-state index is 5.86. The SMILES string of the molecule is CC(C)(C)c1ccc(Oc2ncccc2CCl)cc1. The summed E-state index contributed by atoms with van der Waals surface area (Å²) in [5.74, 6) is 1.74. The van der Waals surface area contributed by atoms with Gasteiger partial charge in [-0.25, -0.2) is 4.98 Å². The van der Waals surface area contributed by atoms with Crippen molar-refractivity contribution in [3.8, 4) is 11.6 Å². The highest BCUT2D eigenvalue weighted by molar-refractivity contribution is 6.17. The number of ether oxygens (including phenoxy) is 1. The second-order valence-corrected chi connectivity index (χ2v) is 5.75. The van der Waals surface area contributed by atoms with Gasteiger partial charge in [-0.1, -0.05) is 39.0 Å². The first kappa shape index (κ1) is 13.9. The molecule has 2 nitrogen and oxygen atoms in total. The molecule has 0 spiro atoms. The third kappa shape index (κ3) is 3.48. The van der Waals surface area contributed by atoms with E-state index in [9.17, 15) is 0 Å². The van der Waals surface area contributed by atoms with Gasteiger partial charge in [0.15, 0.2) is 0 Å². The molecule has 0 radical (unpaired) electrons. The van der Waals surface area contributed by atoms with E-state index in [1.165, 1.54) is 5.56 Å². The lowest BCUT2D eigenvalue weighted by atomic mass is 9.87. The zero-order valence-corrected chi connectivity index (χ0v) is 12.2. The number of pyridine rings is 1. The van der Waals surface area contributed by atoms with Gasteiger partial charge in [-0.2, -0.15) is 0 Å². The number of rotatable bonds is 3. The Kier molecular flexibility index (Phi) is 4.11. The predicted octanol–water partition coefficient (Wildman–Crippen LogP) is 4.91. The molecule has 0 aliphatic rings. The topological polar surface area (TPSA) is 22.1 Å². The first-order valence-electron chi connectivity index (χ1n) is 6.29. The summed E-state index contributed by atoms with van der Waals surface area (Å²) in [6, 6.07) is 11.9. The molecule has 0 unspecified atom stereocenters. The monoisotopic (exact) mass is 275 g/mol. The van der Waals surface area contributed by atoms with Crippen LogP contribution >= 0.6 is 11.6 Å². The highest BCUT2D eigenvalue weighted by Crippen LogP contribution is 2.27. The van der Waals surface area contributed by atoms with Gasteiger partial charge in [-0.05, 0) is 29.2 Å². The van der Waals surface area contributed by atoms with Crippen LogP contribution in [0, 0.1) is 0 Å². The second kappa shape index (κ2) is 5.62. The number of hydrogen-bond donors (Lipinski definition) is 0. The summed E-state index contributed by atoms with van der Waals surface area (Å²) in [5, 5.41) is 0. The van der Waals surface area contributed by atoms with Crippen LogP contribution in [0.4, 0.5) is 0 Å². The highest BCUT2D eigenvalue weighted by Gasteiger charge is 2.13. The number of nitrogens with zero attached hydrogens (tertiary/aromatic N) is 1. The van der Waals surface area contributed by atoms with Crippen molar-refractivity contribution in [3.05, 3.63) is 53.7 Å². The highest BCUT2D eigenvalue weighted by atomic mass is 35.5. The Morgan fingerprint density at radius 3 is 2.37 bits per heavy atom. The van der Waals surface area contributed by atoms with Crippen LogP contribution in [0.25, 0.3) is 0 Å². The summed E-state index contributed by atoms with van der Waals surface area (Å²) in [5.41, 5.74) is 2.31. The van der Waals surface area contributed by atoms with Crippen molar-refractivity contribution < 1.29 is 4.74 Å². The summed E-state index contributed by atoms with van der Waals surface area (Å²) in [6.45, 7) is 6.56. The molecule has 0 aliphatic heterocycles. The maximum Gasteiger partial charge on any atom is 0.223 e. The van der Waals surface area contributed by atoms with Crippen molar-refractivity contribution in [2.75, 3.05) is 0 Å². The van der Waals surface area contributed by atoms with Crippen LogP contribution in [0.1, 0.15) is 31.9 Å². The van der Waals surface area contributed by atoms with Gasteiger partial charge in [-0.3, -0.25) is 0 Å². The largest absolute Gasteiger partial charge is 0.439 e. The average Bonchev–Trinajstić information content (AvgIpc) is 2.39. The van der Waals surface area contributed by atoms with Crippen molar-refractivity contribution >= 4 is 11.6 Å². The molecule has 3 heteroatoms. The Bertz CT molecular complexity index is 543. The summed E-state index contributed by atoms with van der Waals surface area (Å²) in [6.07, 6.45) is 1.70. The Morgan fingerprint density at radius 2 is 1.79 bits per heavy atom. The van der Waals surface area contributed by atoms with Crippen LogP contribution < -0.4 is 4.74 Å². The minimum absolute atomic E-state index is 0.144. The number of aromatic nitrogens is 1. The maximum absolute atomic E-state index is 5.86. The second-order valence-electron chi connectivity index (χ2n) is 5.48. The van der Waals surface area contributed by atoms with E-state index < -0.39 is 0 Å². The quantitative estimate of drug-likeness (QED) is 0.743. The van der Waals surface area contributed by atoms with Crippen LogP contribution in [-0.2, 0) is 11.3 Å². The van der Waals surface area contributed by atoms with E-state index in [-0.39, 0.29) is 5.41 Å².